The van der Waals surface area contributed by atoms with Crippen LogP contribution in [0.5, 0.6) is 5.75 Å². The molecule has 0 amide bonds. The second-order valence-corrected chi connectivity index (χ2v) is 9.96. The van der Waals surface area contributed by atoms with E-state index in [1.165, 1.54) is 147 Å². The fourth-order valence-electron chi connectivity index (χ4n) is 4.53. The molecule has 0 N–H and O–H groups in total. The number of rotatable bonds is 24. The van der Waals surface area contributed by atoms with Crippen LogP contribution in [-0.2, 0) is 6.42 Å². The molecule has 0 heterocycles. The van der Waals surface area contributed by atoms with E-state index < -0.39 is 0 Å². The predicted molar refractivity (Wildman–Crippen MR) is 144 cm³/mol. The molecule has 0 unspecified atom stereocenters. The van der Waals surface area contributed by atoms with Gasteiger partial charge in [0.05, 0.1) is 6.61 Å². The first-order valence-corrected chi connectivity index (χ1v) is 14.6. The summed E-state index contributed by atoms with van der Waals surface area (Å²) in [6.07, 6.45) is 30.6. The Hall–Kier alpha value is -0.980. The van der Waals surface area contributed by atoms with Gasteiger partial charge in [-0.1, -0.05) is 148 Å². The number of hydrogen-bond donors (Lipinski definition) is 0. The van der Waals surface area contributed by atoms with Gasteiger partial charge in [-0.05, 0) is 37.0 Å². The van der Waals surface area contributed by atoms with Crippen LogP contribution in [-0.4, -0.2) is 6.61 Å². The topological polar surface area (TPSA) is 9.23 Å². The molecule has 1 aromatic rings. The van der Waals surface area contributed by atoms with Crippen molar-refractivity contribution in [2.75, 3.05) is 6.61 Å². The highest BCUT2D eigenvalue weighted by Gasteiger charge is 1.98. The summed E-state index contributed by atoms with van der Waals surface area (Å²) in [5, 5.41) is 0. The molecule has 1 aromatic carbocycles. The van der Waals surface area contributed by atoms with E-state index in [2.05, 4.69) is 38.1 Å². The van der Waals surface area contributed by atoms with Gasteiger partial charge in [0.1, 0.15) is 5.75 Å². The maximum Gasteiger partial charge on any atom is 0.119 e. The normalized spacial score (nSPS) is 11.2. The Morgan fingerprint density at radius 3 is 1.25 bits per heavy atom. The molecule has 0 fully saturated rings. The second kappa shape index (κ2) is 23.2. The average molecular weight is 445 g/mol. The number of benzene rings is 1. The molecule has 1 nitrogen and oxygen atoms in total. The molecule has 1 heteroatoms. The third-order valence-electron chi connectivity index (χ3n) is 6.76. The first-order valence-electron chi connectivity index (χ1n) is 14.6. The van der Waals surface area contributed by atoms with Crippen LogP contribution < -0.4 is 4.74 Å². The largest absolute Gasteiger partial charge is 0.494 e. The van der Waals surface area contributed by atoms with Crippen LogP contribution in [0.3, 0.4) is 0 Å². The van der Waals surface area contributed by atoms with E-state index in [1.54, 1.807) is 0 Å². The number of unbranched alkanes of at least 4 members (excludes halogenated alkanes) is 19. The lowest BCUT2D eigenvalue weighted by Gasteiger charge is -2.08. The maximum absolute atomic E-state index is 5.95. The molecule has 0 saturated carbocycles. The van der Waals surface area contributed by atoms with Crippen molar-refractivity contribution in [2.45, 2.75) is 155 Å². The van der Waals surface area contributed by atoms with Crippen molar-refractivity contribution in [3.05, 3.63) is 29.8 Å². The monoisotopic (exact) mass is 444 g/mol. The van der Waals surface area contributed by atoms with Gasteiger partial charge >= 0.3 is 0 Å². The zero-order valence-corrected chi connectivity index (χ0v) is 22.0. The molecule has 0 aliphatic carbocycles. The van der Waals surface area contributed by atoms with Gasteiger partial charge in [0.2, 0.25) is 0 Å². The fraction of sp³-hybridized carbons (Fsp3) is 0.806. The summed E-state index contributed by atoms with van der Waals surface area (Å²) in [5.74, 6) is 1.04. The maximum atomic E-state index is 5.95. The lowest BCUT2D eigenvalue weighted by molar-refractivity contribution is 0.304. The summed E-state index contributed by atoms with van der Waals surface area (Å²) in [7, 11) is 0. The van der Waals surface area contributed by atoms with Crippen LogP contribution in [0, 0.1) is 0 Å². The molecule has 0 aliphatic rings. The van der Waals surface area contributed by atoms with Crippen molar-refractivity contribution in [3.8, 4) is 5.75 Å². The summed E-state index contributed by atoms with van der Waals surface area (Å²) in [4.78, 5) is 0. The highest BCUT2D eigenvalue weighted by molar-refractivity contribution is 5.27. The summed E-state index contributed by atoms with van der Waals surface area (Å²) in [6, 6.07) is 8.86. The van der Waals surface area contributed by atoms with Crippen molar-refractivity contribution in [3.63, 3.8) is 0 Å². The van der Waals surface area contributed by atoms with E-state index in [1.807, 2.05) is 0 Å². The van der Waals surface area contributed by atoms with Crippen molar-refractivity contribution in [2.24, 2.45) is 0 Å². The minimum absolute atomic E-state index is 0.870. The van der Waals surface area contributed by atoms with Crippen molar-refractivity contribution < 1.29 is 4.74 Å². The van der Waals surface area contributed by atoms with Gasteiger partial charge in [-0.3, -0.25) is 0 Å². The Kier molecular flexibility index (Phi) is 21.1. The lowest BCUT2D eigenvalue weighted by Crippen LogP contribution is -1.97. The van der Waals surface area contributed by atoms with Gasteiger partial charge in [0.15, 0.2) is 0 Å². The molecule has 0 bridgehead atoms. The predicted octanol–water partition coefficient (Wildman–Crippen LogP) is 10.8. The van der Waals surface area contributed by atoms with Crippen LogP contribution in [0.2, 0.25) is 0 Å². The Morgan fingerprint density at radius 2 is 0.812 bits per heavy atom. The summed E-state index contributed by atoms with van der Waals surface area (Å²) < 4.78 is 5.95. The van der Waals surface area contributed by atoms with Crippen LogP contribution in [0.4, 0.5) is 0 Å². The molecular weight excluding hydrogens is 388 g/mol. The standard InChI is InChI=1S/C31H56O/c1-3-5-7-9-11-12-13-14-15-16-17-19-21-23-29-32-31-27-25-30(26-28-31)24-22-20-18-10-8-6-4-2/h25-28H,3-24,29H2,1-2H3. The number of ether oxygens (including phenoxy) is 1. The highest BCUT2D eigenvalue weighted by atomic mass is 16.5. The highest BCUT2D eigenvalue weighted by Crippen LogP contribution is 2.17. The minimum atomic E-state index is 0.870. The molecule has 0 aromatic heterocycles. The average Bonchev–Trinajstić information content (AvgIpc) is 2.82. The lowest BCUT2D eigenvalue weighted by atomic mass is 10.0. The first-order chi connectivity index (χ1) is 15.9. The van der Waals surface area contributed by atoms with E-state index in [4.69, 9.17) is 4.74 Å². The van der Waals surface area contributed by atoms with E-state index in [0.717, 1.165) is 12.4 Å². The van der Waals surface area contributed by atoms with Crippen LogP contribution >= 0.6 is 0 Å². The van der Waals surface area contributed by atoms with Gasteiger partial charge < -0.3 is 4.74 Å². The van der Waals surface area contributed by atoms with Gasteiger partial charge in [-0.15, -0.1) is 0 Å². The summed E-state index contributed by atoms with van der Waals surface area (Å²) >= 11 is 0. The van der Waals surface area contributed by atoms with Gasteiger partial charge in [0.25, 0.3) is 0 Å². The zero-order chi connectivity index (χ0) is 23.0. The minimum Gasteiger partial charge on any atom is -0.494 e. The smallest absolute Gasteiger partial charge is 0.119 e. The Bertz CT molecular complexity index is 478. The van der Waals surface area contributed by atoms with E-state index in [9.17, 15) is 0 Å². The molecule has 0 radical (unpaired) electrons. The van der Waals surface area contributed by atoms with Crippen LogP contribution in [0.25, 0.3) is 0 Å². The SMILES string of the molecule is CCCCCCCCCCCCCCCCOc1ccc(CCCCCCCCC)cc1. The number of aryl methyl sites for hydroxylation is 1. The molecule has 0 saturated heterocycles. The third-order valence-corrected chi connectivity index (χ3v) is 6.76. The van der Waals surface area contributed by atoms with Crippen molar-refractivity contribution in [1.82, 2.24) is 0 Å². The van der Waals surface area contributed by atoms with Gasteiger partial charge in [-0.2, -0.15) is 0 Å². The first kappa shape index (κ1) is 29.1. The summed E-state index contributed by atoms with van der Waals surface area (Å²) in [5.41, 5.74) is 1.46. The molecule has 186 valence electrons. The van der Waals surface area contributed by atoms with E-state index >= 15 is 0 Å². The fourth-order valence-corrected chi connectivity index (χ4v) is 4.53. The van der Waals surface area contributed by atoms with Crippen LogP contribution in [0.15, 0.2) is 24.3 Å². The third kappa shape index (κ3) is 18.6. The van der Waals surface area contributed by atoms with Gasteiger partial charge in [0, 0.05) is 0 Å². The second-order valence-electron chi connectivity index (χ2n) is 9.96. The zero-order valence-electron chi connectivity index (χ0n) is 22.0. The Labute approximate surface area is 202 Å². The molecule has 0 aliphatic heterocycles. The van der Waals surface area contributed by atoms with Gasteiger partial charge in [-0.25, -0.2) is 0 Å². The van der Waals surface area contributed by atoms with Crippen LogP contribution in [0.1, 0.15) is 154 Å². The summed E-state index contributed by atoms with van der Waals surface area (Å²) in [6.45, 7) is 5.45. The molecule has 32 heavy (non-hydrogen) atoms. The molecule has 1 rings (SSSR count). The van der Waals surface area contributed by atoms with Crippen molar-refractivity contribution in [1.29, 1.82) is 0 Å². The van der Waals surface area contributed by atoms with E-state index in [-0.39, 0.29) is 0 Å². The Balaban J connectivity index is 1.86. The van der Waals surface area contributed by atoms with E-state index in [0.29, 0.717) is 0 Å². The Morgan fingerprint density at radius 1 is 0.438 bits per heavy atom. The molecule has 0 atom stereocenters. The van der Waals surface area contributed by atoms with Crippen molar-refractivity contribution >= 4 is 0 Å². The molecule has 0 spiro atoms. The number of hydrogen-bond acceptors (Lipinski definition) is 1. The molecular formula is C31H56O. The quantitative estimate of drug-likeness (QED) is 0.144.